The molecule has 0 aliphatic heterocycles. The maximum atomic E-state index is 12.3. The number of rotatable bonds is 5. The summed E-state index contributed by atoms with van der Waals surface area (Å²) in [5, 5.41) is 10.5. The molecular formula is C14H16F3NO3. The Labute approximate surface area is 120 Å². The number of aliphatic carboxylic acids is 1. The lowest BCUT2D eigenvalue weighted by Gasteiger charge is -2.19. The van der Waals surface area contributed by atoms with Crippen LogP contribution >= 0.6 is 0 Å². The summed E-state index contributed by atoms with van der Waals surface area (Å²) in [6.45, 7) is 3.66. The molecule has 0 saturated heterocycles. The first-order valence-electron chi connectivity index (χ1n) is 6.25. The van der Waals surface area contributed by atoms with Gasteiger partial charge in [0, 0.05) is 6.04 Å². The fourth-order valence-corrected chi connectivity index (χ4v) is 1.99. The van der Waals surface area contributed by atoms with Gasteiger partial charge >= 0.3 is 18.1 Å². The summed E-state index contributed by atoms with van der Waals surface area (Å²) >= 11 is 0. The molecule has 0 aromatic heterocycles. The Morgan fingerprint density at radius 1 is 1.29 bits per heavy atom. The Hall–Kier alpha value is -2.05. The summed E-state index contributed by atoms with van der Waals surface area (Å²) in [6.07, 6.45) is -5.57. The van der Waals surface area contributed by atoms with Crippen molar-refractivity contribution >= 4 is 11.9 Å². The van der Waals surface area contributed by atoms with Gasteiger partial charge in [0.1, 0.15) is 0 Å². The van der Waals surface area contributed by atoms with E-state index in [9.17, 15) is 22.8 Å². The Morgan fingerprint density at radius 2 is 1.90 bits per heavy atom. The standard InChI is InChI=1S/C14H16F3NO3/c1-8-3-4-10(9(2)5-8)6-11(7-12(19)20)18-13(21)14(15,16)17/h3-5,11H,6-7H2,1-2H3,(H,18,21)(H,19,20). The molecule has 1 amide bonds. The van der Waals surface area contributed by atoms with E-state index in [2.05, 4.69) is 0 Å². The molecule has 1 aromatic rings. The Morgan fingerprint density at radius 3 is 2.38 bits per heavy atom. The zero-order valence-electron chi connectivity index (χ0n) is 11.6. The third kappa shape index (κ3) is 5.45. The first-order chi connectivity index (χ1) is 9.59. The van der Waals surface area contributed by atoms with Crippen molar-refractivity contribution < 1.29 is 27.9 Å². The molecular weight excluding hydrogens is 287 g/mol. The number of hydrogen-bond acceptors (Lipinski definition) is 2. The average molecular weight is 303 g/mol. The number of benzene rings is 1. The maximum absolute atomic E-state index is 12.3. The molecule has 0 saturated carbocycles. The minimum absolute atomic E-state index is 0.0280. The fourth-order valence-electron chi connectivity index (χ4n) is 1.99. The van der Waals surface area contributed by atoms with E-state index in [-0.39, 0.29) is 6.42 Å². The van der Waals surface area contributed by atoms with Gasteiger partial charge in [0.15, 0.2) is 0 Å². The molecule has 2 N–H and O–H groups in total. The minimum Gasteiger partial charge on any atom is -0.481 e. The topological polar surface area (TPSA) is 66.4 Å². The molecule has 1 atom stereocenters. The smallest absolute Gasteiger partial charge is 0.471 e. The van der Waals surface area contributed by atoms with Gasteiger partial charge in [-0.05, 0) is 31.4 Å². The quantitative estimate of drug-likeness (QED) is 0.877. The highest BCUT2D eigenvalue weighted by Gasteiger charge is 2.39. The second-order valence-corrected chi connectivity index (χ2v) is 4.90. The highest BCUT2D eigenvalue weighted by atomic mass is 19.4. The zero-order valence-corrected chi connectivity index (χ0v) is 11.6. The van der Waals surface area contributed by atoms with Crippen molar-refractivity contribution in [1.29, 1.82) is 0 Å². The molecule has 0 radical (unpaired) electrons. The van der Waals surface area contributed by atoms with Crippen LogP contribution in [0, 0.1) is 13.8 Å². The van der Waals surface area contributed by atoms with Gasteiger partial charge in [0.05, 0.1) is 6.42 Å². The van der Waals surface area contributed by atoms with Crippen molar-refractivity contribution in [2.24, 2.45) is 0 Å². The van der Waals surface area contributed by atoms with Crippen LogP contribution < -0.4 is 5.32 Å². The molecule has 116 valence electrons. The SMILES string of the molecule is Cc1ccc(CC(CC(=O)O)NC(=O)C(F)(F)F)c(C)c1. The van der Waals surface area contributed by atoms with Gasteiger partial charge in [-0.3, -0.25) is 9.59 Å². The molecule has 1 aromatic carbocycles. The highest BCUT2D eigenvalue weighted by molar-refractivity contribution is 5.82. The van der Waals surface area contributed by atoms with Crippen molar-refractivity contribution in [3.8, 4) is 0 Å². The van der Waals surface area contributed by atoms with E-state index in [1.807, 2.05) is 13.0 Å². The molecule has 1 rings (SSSR count). The first kappa shape index (κ1) is 17.0. The number of carboxylic acid groups (broad SMARTS) is 1. The largest absolute Gasteiger partial charge is 0.481 e. The Balaban J connectivity index is 2.88. The third-order valence-electron chi connectivity index (χ3n) is 2.98. The van der Waals surface area contributed by atoms with Gasteiger partial charge in [0.2, 0.25) is 0 Å². The second-order valence-electron chi connectivity index (χ2n) is 4.90. The minimum atomic E-state index is -5.03. The summed E-state index contributed by atoms with van der Waals surface area (Å²) < 4.78 is 36.8. The average Bonchev–Trinajstić information content (AvgIpc) is 2.30. The highest BCUT2D eigenvalue weighted by Crippen LogP contribution is 2.17. The lowest BCUT2D eigenvalue weighted by molar-refractivity contribution is -0.174. The van der Waals surface area contributed by atoms with Crippen LogP contribution in [-0.4, -0.2) is 29.2 Å². The number of aryl methyl sites for hydroxylation is 2. The summed E-state index contributed by atoms with van der Waals surface area (Å²) in [6, 6.07) is 4.24. The van der Waals surface area contributed by atoms with Crippen LogP contribution in [0.15, 0.2) is 18.2 Å². The molecule has 0 heterocycles. The monoisotopic (exact) mass is 303 g/mol. The van der Waals surface area contributed by atoms with E-state index < -0.39 is 30.5 Å². The number of carboxylic acids is 1. The van der Waals surface area contributed by atoms with Crippen LogP contribution in [0.4, 0.5) is 13.2 Å². The number of halogens is 3. The van der Waals surface area contributed by atoms with Crippen LogP contribution in [0.5, 0.6) is 0 Å². The van der Waals surface area contributed by atoms with Gasteiger partial charge in [0.25, 0.3) is 0 Å². The first-order valence-corrected chi connectivity index (χ1v) is 6.25. The molecule has 0 spiro atoms. The van der Waals surface area contributed by atoms with Crippen LogP contribution in [0.25, 0.3) is 0 Å². The predicted octanol–water partition coefficient (Wildman–Crippen LogP) is 2.37. The third-order valence-corrected chi connectivity index (χ3v) is 2.98. The zero-order chi connectivity index (χ0) is 16.2. The molecule has 7 heteroatoms. The predicted molar refractivity (Wildman–Crippen MR) is 69.9 cm³/mol. The van der Waals surface area contributed by atoms with Crippen LogP contribution in [0.3, 0.4) is 0 Å². The van der Waals surface area contributed by atoms with Crippen LogP contribution in [0.2, 0.25) is 0 Å². The molecule has 0 aliphatic rings. The van der Waals surface area contributed by atoms with Gasteiger partial charge in [-0.15, -0.1) is 0 Å². The van der Waals surface area contributed by atoms with Crippen LogP contribution in [0.1, 0.15) is 23.1 Å². The van der Waals surface area contributed by atoms with Gasteiger partial charge in [-0.25, -0.2) is 0 Å². The molecule has 0 bridgehead atoms. The number of alkyl halides is 3. The van der Waals surface area contributed by atoms with Crippen molar-refractivity contribution in [2.45, 2.75) is 38.9 Å². The van der Waals surface area contributed by atoms with E-state index in [1.165, 1.54) is 0 Å². The molecule has 0 aliphatic carbocycles. The van der Waals surface area contributed by atoms with Crippen molar-refractivity contribution in [3.63, 3.8) is 0 Å². The van der Waals surface area contributed by atoms with Crippen molar-refractivity contribution in [1.82, 2.24) is 5.32 Å². The summed E-state index contributed by atoms with van der Waals surface area (Å²) in [7, 11) is 0. The van der Waals surface area contributed by atoms with E-state index in [4.69, 9.17) is 5.11 Å². The molecule has 4 nitrogen and oxygen atoms in total. The number of amides is 1. The van der Waals surface area contributed by atoms with E-state index in [0.29, 0.717) is 5.56 Å². The summed E-state index contributed by atoms with van der Waals surface area (Å²) in [5.74, 6) is -3.40. The van der Waals surface area contributed by atoms with Gasteiger partial charge in [-0.2, -0.15) is 13.2 Å². The lowest BCUT2D eigenvalue weighted by Crippen LogP contribution is -2.45. The van der Waals surface area contributed by atoms with E-state index in [0.717, 1.165) is 11.1 Å². The fraction of sp³-hybridized carbons (Fsp3) is 0.429. The number of carbonyl (C=O) groups excluding carboxylic acids is 1. The van der Waals surface area contributed by atoms with Crippen LogP contribution in [-0.2, 0) is 16.0 Å². The number of hydrogen-bond donors (Lipinski definition) is 2. The summed E-state index contributed by atoms with van der Waals surface area (Å²) in [4.78, 5) is 21.7. The van der Waals surface area contributed by atoms with Crippen molar-refractivity contribution in [3.05, 3.63) is 34.9 Å². The van der Waals surface area contributed by atoms with E-state index >= 15 is 0 Å². The Bertz CT molecular complexity index is 541. The second kappa shape index (κ2) is 6.60. The number of nitrogens with one attached hydrogen (secondary N) is 1. The lowest BCUT2D eigenvalue weighted by atomic mass is 9.97. The van der Waals surface area contributed by atoms with E-state index in [1.54, 1.807) is 24.4 Å². The summed E-state index contributed by atoms with van der Waals surface area (Å²) in [5.41, 5.74) is 2.53. The molecule has 0 fully saturated rings. The maximum Gasteiger partial charge on any atom is 0.471 e. The van der Waals surface area contributed by atoms with Gasteiger partial charge in [-0.1, -0.05) is 23.8 Å². The normalized spacial score (nSPS) is 12.8. The number of carbonyl (C=O) groups is 2. The molecule has 1 unspecified atom stereocenters. The van der Waals surface area contributed by atoms with Crippen molar-refractivity contribution in [2.75, 3.05) is 0 Å². The van der Waals surface area contributed by atoms with Gasteiger partial charge < -0.3 is 10.4 Å². The Kier molecular flexibility index (Phi) is 5.34. The molecule has 21 heavy (non-hydrogen) atoms.